The highest BCUT2D eigenvalue weighted by molar-refractivity contribution is 6.31. The number of piperazine rings is 1. The molecule has 3 heterocycles. The third-order valence-electron chi connectivity index (χ3n) is 4.58. The van der Waals surface area contributed by atoms with E-state index in [1.165, 1.54) is 16.9 Å². The summed E-state index contributed by atoms with van der Waals surface area (Å²) in [5, 5.41) is 0.451. The number of oxazole rings is 1. The van der Waals surface area contributed by atoms with E-state index in [1.807, 2.05) is 0 Å². The summed E-state index contributed by atoms with van der Waals surface area (Å²) < 4.78 is 11.6. The molecular formula is C18H16ClN3O5. The van der Waals surface area contributed by atoms with Gasteiger partial charge in [-0.15, -0.1) is 0 Å². The molecule has 0 N–H and O–H groups in total. The molecular weight excluding hydrogens is 374 g/mol. The van der Waals surface area contributed by atoms with E-state index in [4.69, 9.17) is 20.4 Å². The van der Waals surface area contributed by atoms with Gasteiger partial charge in [0.15, 0.2) is 11.3 Å². The number of nitrogens with zero attached hydrogens (tertiary/aromatic N) is 3. The fourth-order valence-electron chi connectivity index (χ4n) is 3.14. The number of carbonyl (C=O) groups excluding carboxylic acids is 2. The van der Waals surface area contributed by atoms with Gasteiger partial charge in [0.25, 0.3) is 5.91 Å². The lowest BCUT2D eigenvalue weighted by molar-refractivity contribution is -0.133. The molecule has 27 heavy (non-hydrogen) atoms. The molecule has 0 aliphatic carbocycles. The Morgan fingerprint density at radius 2 is 1.81 bits per heavy atom. The van der Waals surface area contributed by atoms with Crippen LogP contribution in [-0.2, 0) is 11.3 Å². The molecule has 3 aromatic rings. The first-order valence-corrected chi connectivity index (χ1v) is 8.80. The summed E-state index contributed by atoms with van der Waals surface area (Å²) >= 11 is 5.90. The number of halogens is 1. The highest BCUT2D eigenvalue weighted by Crippen LogP contribution is 2.18. The number of carbonyl (C=O) groups is 2. The molecule has 1 fully saturated rings. The smallest absolute Gasteiger partial charge is 0.420 e. The van der Waals surface area contributed by atoms with Gasteiger partial charge in [-0.05, 0) is 24.3 Å². The highest BCUT2D eigenvalue weighted by Gasteiger charge is 2.26. The molecule has 140 valence electrons. The Bertz CT molecular complexity index is 1040. The molecule has 0 atom stereocenters. The van der Waals surface area contributed by atoms with Gasteiger partial charge in [0.2, 0.25) is 5.91 Å². The van der Waals surface area contributed by atoms with Crippen molar-refractivity contribution < 1.29 is 18.4 Å². The predicted molar refractivity (Wildman–Crippen MR) is 96.7 cm³/mol. The third kappa shape index (κ3) is 3.35. The van der Waals surface area contributed by atoms with Crippen LogP contribution in [0.2, 0.25) is 5.02 Å². The molecule has 2 aromatic heterocycles. The minimum absolute atomic E-state index is 0.125. The maximum Gasteiger partial charge on any atom is 0.420 e. The van der Waals surface area contributed by atoms with Crippen molar-refractivity contribution >= 4 is 34.5 Å². The minimum atomic E-state index is -0.604. The van der Waals surface area contributed by atoms with Crippen LogP contribution in [0.3, 0.4) is 0 Å². The zero-order valence-electron chi connectivity index (χ0n) is 14.3. The fourth-order valence-corrected chi connectivity index (χ4v) is 3.30. The monoisotopic (exact) mass is 389 g/mol. The van der Waals surface area contributed by atoms with Gasteiger partial charge in [-0.2, -0.15) is 0 Å². The molecule has 0 unspecified atom stereocenters. The van der Waals surface area contributed by atoms with E-state index >= 15 is 0 Å². The van der Waals surface area contributed by atoms with Gasteiger partial charge in [-0.1, -0.05) is 11.6 Å². The van der Waals surface area contributed by atoms with Crippen molar-refractivity contribution in [3.8, 4) is 0 Å². The van der Waals surface area contributed by atoms with Crippen LogP contribution in [0.25, 0.3) is 11.1 Å². The average Bonchev–Trinajstić information content (AvgIpc) is 3.30. The number of rotatable bonds is 3. The standard InChI is InChI=1S/C18H16ClN3O5/c19-12-3-4-13-15(10-12)27-18(25)22(13)11-16(23)20-5-7-21(8-6-20)17(24)14-2-1-9-26-14/h1-4,9-10H,5-8,11H2. The molecule has 0 bridgehead atoms. The van der Waals surface area contributed by atoms with Gasteiger partial charge in [-0.3, -0.25) is 14.2 Å². The summed E-state index contributed by atoms with van der Waals surface area (Å²) in [6.07, 6.45) is 1.45. The molecule has 9 heteroatoms. The maximum absolute atomic E-state index is 12.6. The molecule has 1 aliphatic heterocycles. The summed E-state index contributed by atoms with van der Waals surface area (Å²) in [6.45, 7) is 1.46. The number of hydrogen-bond donors (Lipinski definition) is 0. The molecule has 8 nitrogen and oxygen atoms in total. The fraction of sp³-hybridized carbons (Fsp3) is 0.278. The Morgan fingerprint density at radius 3 is 2.52 bits per heavy atom. The summed E-state index contributed by atoms with van der Waals surface area (Å²) in [5.41, 5.74) is 0.860. The van der Waals surface area contributed by atoms with E-state index < -0.39 is 5.76 Å². The van der Waals surface area contributed by atoms with Gasteiger partial charge in [0.1, 0.15) is 6.54 Å². The van der Waals surface area contributed by atoms with Crippen LogP contribution in [-0.4, -0.2) is 52.4 Å². The summed E-state index contributed by atoms with van der Waals surface area (Å²) in [6, 6.07) is 8.10. The van der Waals surface area contributed by atoms with Crippen molar-refractivity contribution in [1.82, 2.24) is 14.4 Å². The van der Waals surface area contributed by atoms with Crippen LogP contribution < -0.4 is 5.76 Å². The van der Waals surface area contributed by atoms with E-state index in [0.29, 0.717) is 42.3 Å². The van der Waals surface area contributed by atoms with Gasteiger partial charge < -0.3 is 18.6 Å². The van der Waals surface area contributed by atoms with Crippen LogP contribution in [0.5, 0.6) is 0 Å². The van der Waals surface area contributed by atoms with Crippen LogP contribution >= 0.6 is 11.6 Å². The number of aromatic nitrogens is 1. The lowest BCUT2D eigenvalue weighted by Crippen LogP contribution is -2.51. The van der Waals surface area contributed by atoms with Crippen LogP contribution in [0.1, 0.15) is 10.6 Å². The predicted octanol–water partition coefficient (Wildman–Crippen LogP) is 1.83. The van der Waals surface area contributed by atoms with Gasteiger partial charge in [0, 0.05) is 37.3 Å². The molecule has 0 spiro atoms. The normalized spacial score (nSPS) is 14.7. The second-order valence-electron chi connectivity index (χ2n) is 6.22. The molecule has 1 aliphatic rings. The zero-order chi connectivity index (χ0) is 19.0. The topological polar surface area (TPSA) is 88.9 Å². The Morgan fingerprint density at radius 1 is 1.07 bits per heavy atom. The summed E-state index contributed by atoms with van der Waals surface area (Å²) in [4.78, 5) is 40.2. The van der Waals surface area contributed by atoms with E-state index in [2.05, 4.69) is 0 Å². The molecule has 2 amide bonds. The van der Waals surface area contributed by atoms with Gasteiger partial charge >= 0.3 is 5.76 Å². The Hall–Kier alpha value is -3.00. The van der Waals surface area contributed by atoms with Gasteiger partial charge in [-0.25, -0.2) is 4.79 Å². The van der Waals surface area contributed by atoms with E-state index in [9.17, 15) is 14.4 Å². The Balaban J connectivity index is 1.42. The largest absolute Gasteiger partial charge is 0.459 e. The Labute approximate surface area is 158 Å². The first-order valence-electron chi connectivity index (χ1n) is 8.42. The average molecular weight is 390 g/mol. The molecule has 0 saturated carbocycles. The first-order chi connectivity index (χ1) is 13.0. The van der Waals surface area contributed by atoms with Gasteiger partial charge in [0.05, 0.1) is 11.8 Å². The third-order valence-corrected chi connectivity index (χ3v) is 4.81. The SMILES string of the molecule is O=C(Cn1c(=O)oc2cc(Cl)ccc21)N1CCN(C(=O)c2ccco2)CC1. The van der Waals surface area contributed by atoms with E-state index in [1.54, 1.807) is 34.1 Å². The molecule has 1 saturated heterocycles. The number of benzene rings is 1. The second-order valence-corrected chi connectivity index (χ2v) is 6.65. The van der Waals surface area contributed by atoms with Crippen molar-refractivity contribution in [2.24, 2.45) is 0 Å². The lowest BCUT2D eigenvalue weighted by atomic mass is 10.2. The van der Waals surface area contributed by atoms with Crippen LogP contribution in [0.15, 0.2) is 50.2 Å². The van der Waals surface area contributed by atoms with Crippen molar-refractivity contribution in [2.45, 2.75) is 6.54 Å². The molecule has 1 aromatic carbocycles. The first kappa shape index (κ1) is 17.4. The highest BCUT2D eigenvalue weighted by atomic mass is 35.5. The number of furan rings is 1. The number of hydrogen-bond acceptors (Lipinski definition) is 5. The summed E-state index contributed by atoms with van der Waals surface area (Å²) in [5.74, 6) is -0.724. The zero-order valence-corrected chi connectivity index (χ0v) is 15.0. The van der Waals surface area contributed by atoms with Crippen molar-refractivity contribution in [3.05, 3.63) is 57.9 Å². The van der Waals surface area contributed by atoms with Crippen molar-refractivity contribution in [3.63, 3.8) is 0 Å². The molecule has 4 rings (SSSR count). The van der Waals surface area contributed by atoms with Crippen molar-refractivity contribution in [2.75, 3.05) is 26.2 Å². The number of amides is 2. The quantitative estimate of drug-likeness (QED) is 0.681. The Kier molecular flexibility index (Phi) is 4.49. The van der Waals surface area contributed by atoms with E-state index in [-0.39, 0.29) is 24.1 Å². The van der Waals surface area contributed by atoms with Crippen LogP contribution in [0.4, 0.5) is 0 Å². The van der Waals surface area contributed by atoms with Crippen molar-refractivity contribution in [1.29, 1.82) is 0 Å². The minimum Gasteiger partial charge on any atom is -0.459 e. The lowest BCUT2D eigenvalue weighted by Gasteiger charge is -2.34. The molecule has 0 radical (unpaired) electrons. The number of fused-ring (bicyclic) bond motifs is 1. The van der Waals surface area contributed by atoms with Crippen LogP contribution in [0, 0.1) is 0 Å². The second kappa shape index (κ2) is 6.96. The van der Waals surface area contributed by atoms with E-state index in [0.717, 1.165) is 0 Å². The summed E-state index contributed by atoms with van der Waals surface area (Å²) in [7, 11) is 0. The maximum atomic E-state index is 12.6.